The minimum absolute atomic E-state index is 0.116. The maximum absolute atomic E-state index is 4.89. The van der Waals surface area contributed by atoms with E-state index >= 15 is 0 Å². The fraction of sp³-hybridized carbons (Fsp3) is 0.429. The Labute approximate surface area is 159 Å². The normalized spacial score (nSPS) is 12.6. The molecular weight excluding hydrogens is 336 g/mol. The summed E-state index contributed by atoms with van der Waals surface area (Å²) >= 11 is 0. The second kappa shape index (κ2) is 6.15. The van der Waals surface area contributed by atoms with Gasteiger partial charge >= 0.3 is 0 Å². The summed E-state index contributed by atoms with van der Waals surface area (Å²) in [5.41, 5.74) is 6.01. The fourth-order valence-electron chi connectivity index (χ4n) is 3.50. The molecule has 0 atom stereocenters. The lowest BCUT2D eigenvalue weighted by Crippen LogP contribution is -2.22. The predicted octanol–water partition coefficient (Wildman–Crippen LogP) is 3.89. The molecule has 140 valence electrons. The van der Waals surface area contributed by atoms with Gasteiger partial charge in [-0.2, -0.15) is 5.10 Å². The van der Waals surface area contributed by atoms with Crippen molar-refractivity contribution in [2.24, 2.45) is 14.1 Å². The number of pyridine rings is 2. The number of imidazole rings is 1. The van der Waals surface area contributed by atoms with Crippen molar-refractivity contribution in [2.75, 3.05) is 0 Å². The number of hydrogen-bond acceptors (Lipinski definition) is 4. The molecule has 0 fully saturated rings. The predicted molar refractivity (Wildman–Crippen MR) is 108 cm³/mol. The summed E-state index contributed by atoms with van der Waals surface area (Å²) in [7, 11) is 3.97. The summed E-state index contributed by atoms with van der Waals surface area (Å²) in [6.07, 6.45) is 6.66. The van der Waals surface area contributed by atoms with E-state index in [2.05, 4.69) is 59.5 Å². The molecule has 0 aromatic carbocycles. The lowest BCUT2D eigenvalue weighted by Gasteiger charge is -2.24. The highest BCUT2D eigenvalue weighted by Gasteiger charge is 2.25. The van der Waals surface area contributed by atoms with E-state index < -0.39 is 0 Å². The summed E-state index contributed by atoms with van der Waals surface area (Å²) < 4.78 is 3.91. The first-order chi connectivity index (χ1) is 12.7. The molecule has 27 heavy (non-hydrogen) atoms. The topological polar surface area (TPSA) is 61.4 Å². The Kier molecular flexibility index (Phi) is 4.02. The molecule has 6 heteroatoms. The molecule has 0 saturated carbocycles. The maximum atomic E-state index is 4.89. The Morgan fingerprint density at radius 2 is 1.78 bits per heavy atom. The number of rotatable bonds is 4. The van der Waals surface area contributed by atoms with E-state index in [0.29, 0.717) is 5.92 Å². The molecule has 0 bridgehead atoms. The van der Waals surface area contributed by atoms with E-state index in [1.54, 1.807) is 4.68 Å². The second-order valence-corrected chi connectivity index (χ2v) is 8.34. The van der Waals surface area contributed by atoms with Gasteiger partial charge in [0.2, 0.25) is 0 Å². The van der Waals surface area contributed by atoms with Gasteiger partial charge in [-0.05, 0) is 34.6 Å². The third kappa shape index (κ3) is 3.09. The van der Waals surface area contributed by atoms with Gasteiger partial charge in [-0.15, -0.1) is 0 Å². The highest BCUT2D eigenvalue weighted by molar-refractivity contribution is 5.74. The molecule has 0 saturated heterocycles. The molecule has 0 radical (unpaired) electrons. The maximum Gasteiger partial charge on any atom is 0.159 e. The summed E-state index contributed by atoms with van der Waals surface area (Å²) in [5, 5.41) is 4.50. The van der Waals surface area contributed by atoms with Crippen molar-refractivity contribution >= 4 is 22.2 Å². The number of hydrogen-bond donors (Lipinski definition) is 0. The van der Waals surface area contributed by atoms with Crippen LogP contribution in [0, 0.1) is 0 Å². The van der Waals surface area contributed by atoms with Crippen LogP contribution in [0.4, 0.5) is 0 Å². The largest absolute Gasteiger partial charge is 0.316 e. The Bertz CT molecular complexity index is 1130. The molecule has 4 aromatic heterocycles. The zero-order valence-electron chi connectivity index (χ0n) is 16.9. The Morgan fingerprint density at radius 3 is 2.52 bits per heavy atom. The van der Waals surface area contributed by atoms with Crippen LogP contribution >= 0.6 is 0 Å². The van der Waals surface area contributed by atoms with Crippen LogP contribution in [0.25, 0.3) is 22.2 Å². The van der Waals surface area contributed by atoms with Crippen LogP contribution < -0.4 is 0 Å². The summed E-state index contributed by atoms with van der Waals surface area (Å²) in [6, 6.07) is 4.30. The van der Waals surface area contributed by atoms with Crippen LogP contribution in [0.3, 0.4) is 0 Å². The molecule has 4 aromatic rings. The third-order valence-corrected chi connectivity index (χ3v) is 5.34. The van der Waals surface area contributed by atoms with Gasteiger partial charge in [0.15, 0.2) is 5.65 Å². The molecule has 0 N–H and O–H groups in total. The second-order valence-electron chi connectivity index (χ2n) is 8.34. The van der Waals surface area contributed by atoms with E-state index in [1.165, 1.54) is 5.56 Å². The van der Waals surface area contributed by atoms with Crippen LogP contribution in [0.15, 0.2) is 30.7 Å². The minimum atomic E-state index is -0.116. The molecule has 0 spiro atoms. The van der Waals surface area contributed by atoms with E-state index in [0.717, 1.165) is 40.0 Å². The molecule has 4 rings (SSSR count). The van der Waals surface area contributed by atoms with Crippen molar-refractivity contribution in [1.82, 2.24) is 29.3 Å². The van der Waals surface area contributed by atoms with Crippen LogP contribution in [0.5, 0.6) is 0 Å². The third-order valence-electron chi connectivity index (χ3n) is 5.34. The van der Waals surface area contributed by atoms with Gasteiger partial charge in [0.1, 0.15) is 22.4 Å². The fourth-order valence-corrected chi connectivity index (χ4v) is 3.50. The smallest absolute Gasteiger partial charge is 0.159 e. The molecule has 0 aliphatic carbocycles. The highest BCUT2D eigenvalue weighted by Crippen LogP contribution is 2.30. The van der Waals surface area contributed by atoms with E-state index in [-0.39, 0.29) is 5.41 Å². The number of nitrogens with zero attached hydrogens (tertiary/aromatic N) is 6. The van der Waals surface area contributed by atoms with Crippen molar-refractivity contribution in [3.63, 3.8) is 0 Å². The van der Waals surface area contributed by atoms with Gasteiger partial charge in [0, 0.05) is 32.9 Å². The number of fused-ring (bicyclic) bond motifs is 2. The first kappa shape index (κ1) is 17.6. The SMILES string of the molecule is CC(C)c1cnc2c(c1)nc(CC(C)(C)c1cnc3cn(C)nc3c1)n2C. The van der Waals surface area contributed by atoms with Gasteiger partial charge < -0.3 is 4.57 Å². The van der Waals surface area contributed by atoms with Crippen LogP contribution in [0.1, 0.15) is 50.6 Å². The van der Waals surface area contributed by atoms with E-state index in [9.17, 15) is 0 Å². The first-order valence-corrected chi connectivity index (χ1v) is 9.36. The van der Waals surface area contributed by atoms with E-state index in [1.807, 2.05) is 32.7 Å². The average Bonchev–Trinajstić information content (AvgIpc) is 3.12. The van der Waals surface area contributed by atoms with E-state index in [4.69, 9.17) is 4.98 Å². The van der Waals surface area contributed by atoms with Crippen LogP contribution in [0.2, 0.25) is 0 Å². The standard InChI is InChI=1S/C21H26N6/c1-13(2)14-7-17-20(23-10-14)27(6)19(24-17)9-21(3,4)15-8-16-18(22-11-15)12-26(5)25-16/h7-8,10-13H,9H2,1-6H3. The van der Waals surface area contributed by atoms with Crippen molar-refractivity contribution in [3.8, 4) is 0 Å². The Morgan fingerprint density at radius 1 is 1.00 bits per heavy atom. The molecule has 0 aliphatic heterocycles. The van der Waals surface area contributed by atoms with Crippen LogP contribution in [-0.2, 0) is 25.9 Å². The van der Waals surface area contributed by atoms with Gasteiger partial charge in [-0.3, -0.25) is 9.67 Å². The first-order valence-electron chi connectivity index (χ1n) is 9.36. The molecule has 6 nitrogen and oxygen atoms in total. The quantitative estimate of drug-likeness (QED) is 0.552. The molecular formula is C21H26N6. The van der Waals surface area contributed by atoms with Crippen molar-refractivity contribution in [1.29, 1.82) is 0 Å². The Hall–Kier alpha value is -2.76. The van der Waals surface area contributed by atoms with Crippen molar-refractivity contribution in [3.05, 3.63) is 47.7 Å². The summed E-state index contributed by atoms with van der Waals surface area (Å²) in [6.45, 7) is 8.81. The van der Waals surface area contributed by atoms with Crippen molar-refractivity contribution in [2.45, 2.75) is 45.4 Å². The van der Waals surface area contributed by atoms with Gasteiger partial charge in [-0.1, -0.05) is 27.7 Å². The molecule has 0 unspecified atom stereocenters. The van der Waals surface area contributed by atoms with Crippen molar-refractivity contribution < 1.29 is 0 Å². The lowest BCUT2D eigenvalue weighted by atomic mass is 9.82. The lowest BCUT2D eigenvalue weighted by molar-refractivity contribution is 0.498. The summed E-state index contributed by atoms with van der Waals surface area (Å²) in [4.78, 5) is 14.1. The zero-order chi connectivity index (χ0) is 19.3. The Balaban J connectivity index is 1.71. The average molecular weight is 362 g/mol. The van der Waals surface area contributed by atoms with Crippen LogP contribution in [-0.4, -0.2) is 29.3 Å². The highest BCUT2D eigenvalue weighted by atomic mass is 15.3. The molecule has 4 heterocycles. The zero-order valence-corrected chi connectivity index (χ0v) is 16.9. The van der Waals surface area contributed by atoms with Gasteiger partial charge in [0.05, 0.1) is 6.20 Å². The molecule has 0 amide bonds. The monoisotopic (exact) mass is 362 g/mol. The molecule has 0 aliphatic rings. The summed E-state index contributed by atoms with van der Waals surface area (Å²) in [5.74, 6) is 1.48. The van der Waals surface area contributed by atoms with Gasteiger partial charge in [0.25, 0.3) is 0 Å². The number of aryl methyl sites for hydroxylation is 2. The number of aromatic nitrogens is 6. The van der Waals surface area contributed by atoms with Gasteiger partial charge in [-0.25, -0.2) is 9.97 Å². The minimum Gasteiger partial charge on any atom is -0.316 e.